The highest BCUT2D eigenvalue weighted by Gasteiger charge is 2.12. The highest BCUT2D eigenvalue weighted by Crippen LogP contribution is 2.11. The van der Waals surface area contributed by atoms with Gasteiger partial charge in [-0.2, -0.15) is 0 Å². The van der Waals surface area contributed by atoms with Gasteiger partial charge in [0.1, 0.15) is 10.8 Å². The molecule has 0 aliphatic carbocycles. The summed E-state index contributed by atoms with van der Waals surface area (Å²) in [6, 6.07) is 0. The van der Waals surface area contributed by atoms with Crippen molar-refractivity contribution < 1.29 is 15.1 Å². The van der Waals surface area contributed by atoms with Gasteiger partial charge in [0.15, 0.2) is 0 Å². The SMILES string of the molecule is CCC1N=C(Br)C=CN1O.O=CO. The Labute approximate surface area is 84.5 Å². The van der Waals surface area contributed by atoms with Gasteiger partial charge in [-0.15, -0.1) is 0 Å². The molecule has 5 nitrogen and oxygen atoms in total. The summed E-state index contributed by atoms with van der Waals surface area (Å²) in [4.78, 5) is 12.5. The first kappa shape index (κ1) is 12.1. The highest BCUT2D eigenvalue weighted by atomic mass is 79.9. The van der Waals surface area contributed by atoms with Gasteiger partial charge >= 0.3 is 0 Å². The van der Waals surface area contributed by atoms with Crippen molar-refractivity contribution in [3.63, 3.8) is 0 Å². The molecule has 2 N–H and O–H groups in total. The van der Waals surface area contributed by atoms with Crippen molar-refractivity contribution in [1.29, 1.82) is 0 Å². The Bertz CT molecular complexity index is 218. The maximum atomic E-state index is 9.11. The highest BCUT2D eigenvalue weighted by molar-refractivity contribution is 9.18. The Balaban J connectivity index is 0.000000424. The molecule has 1 unspecified atom stereocenters. The number of hydrogen-bond donors (Lipinski definition) is 2. The molecule has 0 bridgehead atoms. The Morgan fingerprint density at radius 2 is 2.38 bits per heavy atom. The molecular formula is C7H11BrN2O3. The number of hydroxylamine groups is 2. The molecule has 6 heteroatoms. The van der Waals surface area contributed by atoms with Crippen LogP contribution in [0.3, 0.4) is 0 Å². The van der Waals surface area contributed by atoms with Crippen LogP contribution in [0, 0.1) is 0 Å². The van der Waals surface area contributed by atoms with Gasteiger partial charge in [0, 0.05) is 6.20 Å². The van der Waals surface area contributed by atoms with E-state index in [1.54, 1.807) is 12.3 Å². The minimum atomic E-state index is -0.250. The lowest BCUT2D eigenvalue weighted by atomic mass is 10.3. The van der Waals surface area contributed by atoms with Crippen LogP contribution in [0.15, 0.2) is 17.3 Å². The van der Waals surface area contributed by atoms with E-state index in [4.69, 9.17) is 15.1 Å². The molecule has 0 amide bonds. The summed E-state index contributed by atoms with van der Waals surface area (Å²) in [7, 11) is 0. The zero-order chi connectivity index (χ0) is 10.3. The van der Waals surface area contributed by atoms with E-state index < -0.39 is 0 Å². The normalized spacial score (nSPS) is 20.1. The van der Waals surface area contributed by atoms with Crippen LogP contribution in [0.2, 0.25) is 0 Å². The summed E-state index contributed by atoms with van der Waals surface area (Å²) in [6.07, 6.45) is 3.97. The third kappa shape index (κ3) is 4.64. The fourth-order valence-corrected chi connectivity index (χ4v) is 1.11. The van der Waals surface area contributed by atoms with Gasteiger partial charge in [-0.3, -0.25) is 15.0 Å². The summed E-state index contributed by atoms with van der Waals surface area (Å²) in [6.45, 7) is 1.72. The monoisotopic (exact) mass is 250 g/mol. The van der Waals surface area contributed by atoms with E-state index in [1.807, 2.05) is 6.92 Å². The fourth-order valence-electron chi connectivity index (χ4n) is 0.760. The fraction of sp³-hybridized carbons (Fsp3) is 0.429. The molecule has 1 heterocycles. The summed E-state index contributed by atoms with van der Waals surface area (Å²) in [5, 5.41) is 17.1. The molecule has 0 saturated heterocycles. The maximum absolute atomic E-state index is 9.11. The molecule has 0 aromatic carbocycles. The summed E-state index contributed by atoms with van der Waals surface area (Å²) in [5.74, 6) is 0. The molecule has 74 valence electrons. The molecular weight excluding hydrogens is 240 g/mol. The number of rotatable bonds is 1. The Morgan fingerprint density at radius 3 is 2.77 bits per heavy atom. The van der Waals surface area contributed by atoms with Crippen LogP contribution in [-0.2, 0) is 4.79 Å². The van der Waals surface area contributed by atoms with Crippen molar-refractivity contribution >= 4 is 27.0 Å². The third-order valence-electron chi connectivity index (χ3n) is 1.31. The summed E-state index contributed by atoms with van der Waals surface area (Å²) in [5.41, 5.74) is 0. The molecule has 0 radical (unpaired) electrons. The maximum Gasteiger partial charge on any atom is 0.290 e. The van der Waals surface area contributed by atoms with Gasteiger partial charge in [-0.25, -0.2) is 5.06 Å². The van der Waals surface area contributed by atoms with Gasteiger partial charge in [0.2, 0.25) is 0 Å². The van der Waals surface area contributed by atoms with Crippen molar-refractivity contribution in [2.24, 2.45) is 4.99 Å². The average molecular weight is 251 g/mol. The van der Waals surface area contributed by atoms with Crippen molar-refractivity contribution in [2.45, 2.75) is 19.5 Å². The molecule has 0 saturated carbocycles. The first-order valence-electron chi connectivity index (χ1n) is 3.62. The van der Waals surface area contributed by atoms with E-state index >= 15 is 0 Å². The standard InChI is InChI=1S/C6H9BrN2O.CH2O2/c1-2-6-8-5(7)3-4-9(6)10;2-1-3/h3-4,6,10H,2H2,1H3;1H,(H,2,3). The molecule has 1 aliphatic heterocycles. The van der Waals surface area contributed by atoms with Gasteiger partial charge in [-0.1, -0.05) is 6.92 Å². The quantitative estimate of drug-likeness (QED) is 0.691. The molecule has 0 spiro atoms. The predicted octanol–water partition coefficient (Wildman–Crippen LogP) is 1.44. The van der Waals surface area contributed by atoms with Crippen molar-refractivity contribution in [1.82, 2.24) is 5.06 Å². The lowest BCUT2D eigenvalue weighted by molar-refractivity contribution is -0.122. The lowest BCUT2D eigenvalue weighted by Crippen LogP contribution is -2.28. The molecule has 0 aromatic heterocycles. The van der Waals surface area contributed by atoms with Gasteiger partial charge < -0.3 is 5.11 Å². The van der Waals surface area contributed by atoms with Crippen LogP contribution in [0.25, 0.3) is 0 Å². The average Bonchev–Trinajstić information content (AvgIpc) is 2.10. The Kier molecular flexibility index (Phi) is 6.17. The van der Waals surface area contributed by atoms with E-state index in [0.717, 1.165) is 16.1 Å². The van der Waals surface area contributed by atoms with Crippen LogP contribution in [0.5, 0.6) is 0 Å². The zero-order valence-corrected chi connectivity index (χ0v) is 8.68. The number of allylic oxidation sites excluding steroid dienone is 1. The van der Waals surface area contributed by atoms with E-state index in [0.29, 0.717) is 0 Å². The van der Waals surface area contributed by atoms with E-state index in [1.165, 1.54) is 0 Å². The number of aliphatic imine (C=N–C) groups is 1. The lowest BCUT2D eigenvalue weighted by Gasteiger charge is -2.22. The number of hydrogen-bond acceptors (Lipinski definition) is 4. The number of nitrogens with zero attached hydrogens (tertiary/aromatic N) is 2. The topological polar surface area (TPSA) is 73.1 Å². The first-order chi connectivity index (χ1) is 6.15. The zero-order valence-electron chi connectivity index (χ0n) is 7.09. The number of carboxylic acid groups (broad SMARTS) is 1. The molecule has 1 rings (SSSR count). The number of carbonyl (C=O) groups is 1. The summed E-state index contributed by atoms with van der Waals surface area (Å²) < 4.78 is 0.782. The predicted molar refractivity (Wildman–Crippen MR) is 51.9 cm³/mol. The van der Waals surface area contributed by atoms with Gasteiger partial charge in [0.05, 0.1) is 0 Å². The largest absolute Gasteiger partial charge is 0.483 e. The molecule has 1 atom stereocenters. The Morgan fingerprint density at radius 1 is 1.85 bits per heavy atom. The summed E-state index contributed by atoms with van der Waals surface area (Å²) >= 11 is 3.22. The minimum Gasteiger partial charge on any atom is -0.483 e. The van der Waals surface area contributed by atoms with Crippen LogP contribution in [0.1, 0.15) is 13.3 Å². The molecule has 0 aromatic rings. The number of halogens is 1. The van der Waals surface area contributed by atoms with Crippen LogP contribution in [0.4, 0.5) is 0 Å². The second kappa shape index (κ2) is 6.62. The van der Waals surface area contributed by atoms with E-state index in [-0.39, 0.29) is 12.6 Å². The van der Waals surface area contributed by atoms with Gasteiger partial charge in [0.25, 0.3) is 6.47 Å². The molecule has 1 aliphatic rings. The van der Waals surface area contributed by atoms with Crippen LogP contribution >= 0.6 is 15.9 Å². The van der Waals surface area contributed by atoms with E-state index in [2.05, 4.69) is 20.9 Å². The van der Waals surface area contributed by atoms with E-state index in [9.17, 15) is 0 Å². The van der Waals surface area contributed by atoms with Crippen molar-refractivity contribution in [2.75, 3.05) is 0 Å². The van der Waals surface area contributed by atoms with Crippen molar-refractivity contribution in [3.05, 3.63) is 12.3 Å². The third-order valence-corrected chi connectivity index (χ3v) is 1.78. The van der Waals surface area contributed by atoms with Gasteiger partial charge in [-0.05, 0) is 28.4 Å². The minimum absolute atomic E-state index is 0.126. The van der Waals surface area contributed by atoms with Crippen LogP contribution < -0.4 is 0 Å². The second-order valence-corrected chi connectivity index (χ2v) is 2.95. The smallest absolute Gasteiger partial charge is 0.290 e. The van der Waals surface area contributed by atoms with Crippen molar-refractivity contribution in [3.8, 4) is 0 Å². The molecule has 0 fully saturated rings. The second-order valence-electron chi connectivity index (χ2n) is 2.14. The van der Waals surface area contributed by atoms with Crippen LogP contribution in [-0.4, -0.2) is 32.6 Å². The Hall–Kier alpha value is -0.880. The molecule has 13 heavy (non-hydrogen) atoms. The first-order valence-corrected chi connectivity index (χ1v) is 4.41.